The number of hydrogen-bond donors (Lipinski definition) is 2. The minimum Gasteiger partial charge on any atom is -0.393 e. The molecular formula is C20H36O2. The zero-order valence-corrected chi connectivity index (χ0v) is 14.6. The summed E-state index contributed by atoms with van der Waals surface area (Å²) in [6, 6.07) is 0. The molecule has 7 atom stereocenters. The van der Waals surface area contributed by atoms with E-state index in [2.05, 4.69) is 13.8 Å². The van der Waals surface area contributed by atoms with E-state index in [1.807, 2.05) is 0 Å². The topological polar surface area (TPSA) is 40.5 Å². The Balaban J connectivity index is 1.55. The highest BCUT2D eigenvalue weighted by atomic mass is 16.3. The Labute approximate surface area is 136 Å². The van der Waals surface area contributed by atoms with Crippen LogP contribution in [0.1, 0.15) is 84.5 Å². The lowest BCUT2D eigenvalue weighted by molar-refractivity contribution is -0.0551. The molecule has 0 aromatic rings. The molecule has 3 fully saturated rings. The standard InChI is InChI=1S/C20H36O2/c1-3-4-5-16(21)13-14-6-7-17-15(12-14)10-11-20(2)18(17)8-9-19(20)22/h14-19,21-22H,3-13H2,1-2H3/t14-,15-,16?,17-,18+,19+,20+/m1/s1. The summed E-state index contributed by atoms with van der Waals surface area (Å²) >= 11 is 0. The van der Waals surface area contributed by atoms with E-state index in [4.69, 9.17) is 0 Å². The molecule has 0 aliphatic heterocycles. The first-order valence-electron chi connectivity index (χ1n) is 9.90. The second kappa shape index (κ2) is 6.81. The molecule has 0 radical (unpaired) electrons. The molecular weight excluding hydrogens is 272 g/mol. The molecule has 0 spiro atoms. The zero-order valence-electron chi connectivity index (χ0n) is 14.6. The summed E-state index contributed by atoms with van der Waals surface area (Å²) in [6.07, 6.45) is 13.1. The Morgan fingerprint density at radius 3 is 2.73 bits per heavy atom. The fourth-order valence-electron chi connectivity index (χ4n) is 6.20. The van der Waals surface area contributed by atoms with Gasteiger partial charge in [0.2, 0.25) is 0 Å². The third-order valence-electron chi connectivity index (χ3n) is 7.58. The molecule has 1 unspecified atom stereocenters. The number of rotatable bonds is 5. The van der Waals surface area contributed by atoms with Gasteiger partial charge in [-0.25, -0.2) is 0 Å². The largest absolute Gasteiger partial charge is 0.393 e. The Kier molecular flexibility index (Phi) is 5.19. The van der Waals surface area contributed by atoms with Gasteiger partial charge in [-0.15, -0.1) is 0 Å². The molecule has 0 heterocycles. The normalized spacial score (nSPS) is 46.1. The second-order valence-corrected chi connectivity index (χ2v) is 8.88. The van der Waals surface area contributed by atoms with Crippen LogP contribution < -0.4 is 0 Å². The molecule has 3 rings (SSSR count). The number of hydrogen-bond acceptors (Lipinski definition) is 2. The van der Waals surface area contributed by atoms with Crippen LogP contribution in [0.15, 0.2) is 0 Å². The fraction of sp³-hybridized carbons (Fsp3) is 1.00. The Hall–Kier alpha value is -0.0800. The Morgan fingerprint density at radius 2 is 1.95 bits per heavy atom. The predicted octanol–water partition coefficient (Wildman–Crippen LogP) is 4.53. The summed E-state index contributed by atoms with van der Waals surface area (Å²) < 4.78 is 0. The monoisotopic (exact) mass is 308 g/mol. The van der Waals surface area contributed by atoms with Crippen molar-refractivity contribution in [2.45, 2.75) is 96.7 Å². The van der Waals surface area contributed by atoms with Gasteiger partial charge in [0.1, 0.15) is 0 Å². The van der Waals surface area contributed by atoms with Crippen LogP contribution in [0.25, 0.3) is 0 Å². The van der Waals surface area contributed by atoms with E-state index in [-0.39, 0.29) is 17.6 Å². The lowest BCUT2D eigenvalue weighted by Gasteiger charge is -2.51. The summed E-state index contributed by atoms with van der Waals surface area (Å²) in [6.45, 7) is 4.55. The summed E-state index contributed by atoms with van der Waals surface area (Å²) in [5.41, 5.74) is 0.217. The maximum atomic E-state index is 10.4. The van der Waals surface area contributed by atoms with Crippen LogP contribution in [-0.2, 0) is 0 Å². The van der Waals surface area contributed by atoms with Crippen molar-refractivity contribution >= 4 is 0 Å². The van der Waals surface area contributed by atoms with Crippen LogP contribution >= 0.6 is 0 Å². The molecule has 2 heteroatoms. The van der Waals surface area contributed by atoms with Crippen molar-refractivity contribution in [3.8, 4) is 0 Å². The first-order valence-corrected chi connectivity index (χ1v) is 9.90. The van der Waals surface area contributed by atoms with Gasteiger partial charge in [-0.1, -0.05) is 33.1 Å². The molecule has 128 valence electrons. The molecule has 0 amide bonds. The molecule has 0 aromatic heterocycles. The van der Waals surface area contributed by atoms with E-state index in [9.17, 15) is 10.2 Å². The molecule has 0 saturated heterocycles. The third-order valence-corrected chi connectivity index (χ3v) is 7.58. The van der Waals surface area contributed by atoms with Crippen molar-refractivity contribution in [1.82, 2.24) is 0 Å². The molecule has 3 aliphatic carbocycles. The zero-order chi connectivity index (χ0) is 15.7. The van der Waals surface area contributed by atoms with E-state index in [0.717, 1.165) is 49.4 Å². The lowest BCUT2D eigenvalue weighted by Crippen LogP contribution is -2.45. The Morgan fingerprint density at radius 1 is 1.14 bits per heavy atom. The first kappa shape index (κ1) is 16.8. The molecule has 0 bridgehead atoms. The van der Waals surface area contributed by atoms with Gasteiger partial charge < -0.3 is 10.2 Å². The lowest BCUT2D eigenvalue weighted by atomic mass is 9.55. The molecule has 3 aliphatic rings. The van der Waals surface area contributed by atoms with Gasteiger partial charge in [-0.2, -0.15) is 0 Å². The van der Waals surface area contributed by atoms with Gasteiger partial charge in [0.05, 0.1) is 12.2 Å². The predicted molar refractivity (Wildman–Crippen MR) is 90.5 cm³/mol. The van der Waals surface area contributed by atoms with Gasteiger partial charge >= 0.3 is 0 Å². The third kappa shape index (κ3) is 3.11. The Bertz CT molecular complexity index is 369. The summed E-state index contributed by atoms with van der Waals surface area (Å²) in [5, 5.41) is 20.6. The maximum Gasteiger partial charge on any atom is 0.0596 e. The highest BCUT2D eigenvalue weighted by Crippen LogP contribution is 2.59. The van der Waals surface area contributed by atoms with Crippen molar-refractivity contribution in [1.29, 1.82) is 0 Å². The van der Waals surface area contributed by atoms with Crippen molar-refractivity contribution in [3.05, 3.63) is 0 Å². The first-order chi connectivity index (χ1) is 10.5. The minimum absolute atomic E-state index is 0.0490. The van der Waals surface area contributed by atoms with E-state index in [1.165, 1.54) is 44.9 Å². The highest BCUT2D eigenvalue weighted by Gasteiger charge is 2.54. The van der Waals surface area contributed by atoms with E-state index in [1.54, 1.807) is 0 Å². The minimum atomic E-state index is -0.0661. The average Bonchev–Trinajstić information content (AvgIpc) is 2.81. The van der Waals surface area contributed by atoms with Crippen molar-refractivity contribution in [3.63, 3.8) is 0 Å². The fourth-order valence-corrected chi connectivity index (χ4v) is 6.20. The molecule has 22 heavy (non-hydrogen) atoms. The molecule has 2 N–H and O–H groups in total. The van der Waals surface area contributed by atoms with Gasteiger partial charge in [-0.3, -0.25) is 0 Å². The number of unbranched alkanes of at least 4 members (excludes halogenated alkanes) is 1. The second-order valence-electron chi connectivity index (χ2n) is 8.88. The van der Waals surface area contributed by atoms with Gasteiger partial charge in [0.25, 0.3) is 0 Å². The van der Waals surface area contributed by atoms with Gasteiger partial charge in [-0.05, 0) is 80.5 Å². The van der Waals surface area contributed by atoms with Crippen LogP contribution in [0.2, 0.25) is 0 Å². The van der Waals surface area contributed by atoms with Gasteiger partial charge in [0, 0.05) is 0 Å². The SMILES string of the molecule is CCCCC(O)C[C@@H]1CC[C@@H]2[C@H](CC[C@]3(C)[C@@H](O)CC[C@@H]23)C1. The summed E-state index contributed by atoms with van der Waals surface area (Å²) in [7, 11) is 0. The van der Waals surface area contributed by atoms with E-state index in [0.29, 0.717) is 0 Å². The molecule has 0 aromatic carbocycles. The van der Waals surface area contributed by atoms with Crippen LogP contribution in [0.4, 0.5) is 0 Å². The van der Waals surface area contributed by atoms with Crippen molar-refractivity contribution < 1.29 is 10.2 Å². The highest BCUT2D eigenvalue weighted by molar-refractivity contribution is 5.04. The quantitative estimate of drug-likeness (QED) is 0.783. The average molecular weight is 309 g/mol. The maximum absolute atomic E-state index is 10.4. The van der Waals surface area contributed by atoms with Gasteiger partial charge in [0.15, 0.2) is 0 Å². The van der Waals surface area contributed by atoms with Crippen LogP contribution in [0.5, 0.6) is 0 Å². The van der Waals surface area contributed by atoms with Crippen molar-refractivity contribution in [2.75, 3.05) is 0 Å². The van der Waals surface area contributed by atoms with E-state index >= 15 is 0 Å². The van der Waals surface area contributed by atoms with Crippen LogP contribution in [0.3, 0.4) is 0 Å². The van der Waals surface area contributed by atoms with Crippen molar-refractivity contribution in [2.24, 2.45) is 29.1 Å². The van der Waals surface area contributed by atoms with Crippen LogP contribution in [0, 0.1) is 29.1 Å². The smallest absolute Gasteiger partial charge is 0.0596 e. The molecule has 3 saturated carbocycles. The number of fused-ring (bicyclic) bond motifs is 3. The summed E-state index contributed by atoms with van der Waals surface area (Å²) in [5.74, 6) is 3.26. The number of aliphatic hydroxyl groups is 2. The number of aliphatic hydroxyl groups excluding tert-OH is 2. The molecule has 2 nitrogen and oxygen atoms in total. The summed E-state index contributed by atoms with van der Waals surface area (Å²) in [4.78, 5) is 0. The van der Waals surface area contributed by atoms with Crippen LogP contribution in [-0.4, -0.2) is 22.4 Å². The van der Waals surface area contributed by atoms with E-state index < -0.39 is 0 Å².